The number of hydrogen-bond acceptors (Lipinski definition) is 4. The summed E-state index contributed by atoms with van der Waals surface area (Å²) in [7, 11) is 1.67. The Labute approximate surface area is 166 Å². The summed E-state index contributed by atoms with van der Waals surface area (Å²) in [5.41, 5.74) is 3.18. The first kappa shape index (κ1) is 21.9. The van der Waals surface area contributed by atoms with Gasteiger partial charge in [-0.25, -0.2) is 4.98 Å². The van der Waals surface area contributed by atoms with Crippen molar-refractivity contribution in [2.45, 2.75) is 31.1 Å². The summed E-state index contributed by atoms with van der Waals surface area (Å²) in [6.45, 7) is 1.75. The van der Waals surface area contributed by atoms with Crippen molar-refractivity contribution in [3.8, 4) is 5.88 Å². The maximum absolute atomic E-state index is 12.1. The Morgan fingerprint density at radius 1 is 1.18 bits per heavy atom. The van der Waals surface area contributed by atoms with Crippen molar-refractivity contribution in [2.24, 2.45) is 4.99 Å². The standard InChI is InChI=1S/C19H23F3N4OS/c1-13-4-6-15(16(8-13)28-3)11-26-18(23-2)25-10-14-5-7-17(24-9-14)27-12-19(20,21)22/h4-9H,10-12H2,1-3H3,(H2,23,25,26). The number of guanidine groups is 1. The highest BCUT2D eigenvalue weighted by molar-refractivity contribution is 7.98. The average molecular weight is 412 g/mol. The third kappa shape index (κ3) is 7.30. The first-order valence-corrected chi connectivity index (χ1v) is 9.75. The van der Waals surface area contributed by atoms with E-state index >= 15 is 0 Å². The molecule has 5 nitrogen and oxygen atoms in total. The number of ether oxygens (including phenoxy) is 1. The van der Waals surface area contributed by atoms with Gasteiger partial charge in [0.15, 0.2) is 12.6 Å². The van der Waals surface area contributed by atoms with E-state index in [-0.39, 0.29) is 5.88 Å². The van der Waals surface area contributed by atoms with E-state index in [9.17, 15) is 13.2 Å². The maximum atomic E-state index is 12.1. The van der Waals surface area contributed by atoms with Crippen LogP contribution in [0.15, 0.2) is 46.4 Å². The van der Waals surface area contributed by atoms with Crippen molar-refractivity contribution in [3.05, 3.63) is 53.2 Å². The lowest BCUT2D eigenvalue weighted by Gasteiger charge is -2.14. The van der Waals surface area contributed by atoms with Crippen LogP contribution in [0, 0.1) is 6.92 Å². The minimum atomic E-state index is -4.38. The lowest BCUT2D eigenvalue weighted by molar-refractivity contribution is -0.154. The zero-order valence-corrected chi connectivity index (χ0v) is 16.7. The number of alkyl halides is 3. The number of pyridine rings is 1. The van der Waals surface area contributed by atoms with E-state index in [2.05, 4.69) is 50.5 Å². The monoisotopic (exact) mass is 412 g/mol. The smallest absolute Gasteiger partial charge is 0.422 e. The van der Waals surface area contributed by atoms with Crippen molar-refractivity contribution in [1.82, 2.24) is 15.6 Å². The van der Waals surface area contributed by atoms with E-state index in [0.717, 1.165) is 5.56 Å². The molecule has 0 aliphatic rings. The van der Waals surface area contributed by atoms with Gasteiger partial charge in [0, 0.05) is 37.3 Å². The number of halogens is 3. The van der Waals surface area contributed by atoms with Gasteiger partial charge < -0.3 is 15.4 Å². The van der Waals surface area contributed by atoms with E-state index in [0.29, 0.717) is 19.0 Å². The van der Waals surface area contributed by atoms with Crippen molar-refractivity contribution < 1.29 is 17.9 Å². The van der Waals surface area contributed by atoms with Gasteiger partial charge in [-0.05, 0) is 35.9 Å². The summed E-state index contributed by atoms with van der Waals surface area (Å²) in [5.74, 6) is 0.553. The molecule has 28 heavy (non-hydrogen) atoms. The number of thioether (sulfide) groups is 1. The molecule has 0 radical (unpaired) electrons. The normalized spacial score (nSPS) is 12.0. The van der Waals surface area contributed by atoms with E-state index < -0.39 is 12.8 Å². The van der Waals surface area contributed by atoms with Gasteiger partial charge in [-0.3, -0.25) is 4.99 Å². The minimum Gasteiger partial charge on any atom is -0.468 e. The van der Waals surface area contributed by atoms with Crippen molar-refractivity contribution in [2.75, 3.05) is 19.9 Å². The molecule has 9 heteroatoms. The molecule has 0 atom stereocenters. The number of aliphatic imine (C=N–C) groups is 1. The topological polar surface area (TPSA) is 58.5 Å². The molecule has 0 bridgehead atoms. The van der Waals surface area contributed by atoms with Gasteiger partial charge in [0.1, 0.15) is 0 Å². The number of rotatable bonds is 7. The highest BCUT2D eigenvalue weighted by Crippen LogP contribution is 2.21. The van der Waals surface area contributed by atoms with Crippen LogP contribution in [0.25, 0.3) is 0 Å². The number of aryl methyl sites for hydroxylation is 1. The van der Waals surface area contributed by atoms with Gasteiger partial charge in [-0.15, -0.1) is 11.8 Å². The molecule has 1 heterocycles. The molecule has 2 aromatic rings. The SMILES string of the molecule is CN=C(NCc1ccc(OCC(F)(F)F)nc1)NCc1ccc(C)cc1SC. The molecule has 1 aromatic carbocycles. The molecule has 1 aromatic heterocycles. The second-order valence-corrected chi connectivity index (χ2v) is 6.85. The summed E-state index contributed by atoms with van der Waals surface area (Å²) in [5, 5.41) is 6.41. The fourth-order valence-corrected chi connectivity index (χ4v) is 3.05. The van der Waals surface area contributed by atoms with Crippen LogP contribution < -0.4 is 15.4 Å². The summed E-state index contributed by atoms with van der Waals surface area (Å²) < 4.78 is 41.0. The molecule has 2 N–H and O–H groups in total. The molecule has 2 rings (SSSR count). The van der Waals surface area contributed by atoms with E-state index in [4.69, 9.17) is 0 Å². The number of benzene rings is 1. The molecule has 0 aliphatic heterocycles. The van der Waals surface area contributed by atoms with Gasteiger partial charge in [0.25, 0.3) is 0 Å². The molecular weight excluding hydrogens is 389 g/mol. The Hall–Kier alpha value is -2.42. The lowest BCUT2D eigenvalue weighted by Crippen LogP contribution is -2.36. The molecule has 152 valence electrons. The maximum Gasteiger partial charge on any atom is 0.422 e. The molecular formula is C19H23F3N4OS. The predicted molar refractivity (Wildman–Crippen MR) is 106 cm³/mol. The first-order valence-electron chi connectivity index (χ1n) is 8.53. The Morgan fingerprint density at radius 3 is 2.54 bits per heavy atom. The molecule has 0 aliphatic carbocycles. The van der Waals surface area contributed by atoms with Crippen molar-refractivity contribution in [3.63, 3.8) is 0 Å². The number of hydrogen-bond donors (Lipinski definition) is 2. The van der Waals surface area contributed by atoms with Crippen molar-refractivity contribution >= 4 is 17.7 Å². The summed E-state index contributed by atoms with van der Waals surface area (Å²) >= 11 is 1.70. The van der Waals surface area contributed by atoms with Crippen LogP contribution in [0.4, 0.5) is 13.2 Å². The molecule has 0 spiro atoms. The number of nitrogens with zero attached hydrogens (tertiary/aromatic N) is 2. The van der Waals surface area contributed by atoms with E-state index in [1.807, 2.05) is 6.26 Å². The zero-order chi connectivity index (χ0) is 20.6. The van der Waals surface area contributed by atoms with Crippen LogP contribution in [-0.4, -0.2) is 37.0 Å². The largest absolute Gasteiger partial charge is 0.468 e. The number of aromatic nitrogens is 1. The van der Waals surface area contributed by atoms with Crippen LogP contribution in [0.2, 0.25) is 0 Å². The van der Waals surface area contributed by atoms with Crippen LogP contribution in [0.5, 0.6) is 5.88 Å². The van der Waals surface area contributed by atoms with Gasteiger partial charge >= 0.3 is 6.18 Å². The molecule has 0 unspecified atom stereocenters. The van der Waals surface area contributed by atoms with Gasteiger partial charge in [0.2, 0.25) is 5.88 Å². The second-order valence-electron chi connectivity index (χ2n) is 6.00. The van der Waals surface area contributed by atoms with Crippen LogP contribution in [0.1, 0.15) is 16.7 Å². The average Bonchev–Trinajstić information content (AvgIpc) is 2.67. The van der Waals surface area contributed by atoms with Crippen LogP contribution >= 0.6 is 11.8 Å². The van der Waals surface area contributed by atoms with Crippen LogP contribution in [-0.2, 0) is 13.1 Å². The Kier molecular flexibility index (Phi) is 7.98. The summed E-state index contributed by atoms with van der Waals surface area (Å²) in [4.78, 5) is 9.28. The Balaban J connectivity index is 1.85. The minimum absolute atomic E-state index is 0.0625. The zero-order valence-electron chi connectivity index (χ0n) is 15.9. The van der Waals surface area contributed by atoms with E-state index in [1.165, 1.54) is 28.3 Å². The van der Waals surface area contributed by atoms with Crippen molar-refractivity contribution in [1.29, 1.82) is 0 Å². The second kappa shape index (κ2) is 10.2. The highest BCUT2D eigenvalue weighted by Gasteiger charge is 2.28. The summed E-state index contributed by atoms with van der Waals surface area (Å²) in [6.07, 6.45) is -0.869. The molecule has 0 saturated heterocycles. The summed E-state index contributed by atoms with van der Waals surface area (Å²) in [6, 6.07) is 9.37. The third-order valence-corrected chi connectivity index (χ3v) is 4.57. The fourth-order valence-electron chi connectivity index (χ4n) is 2.34. The van der Waals surface area contributed by atoms with Gasteiger partial charge in [0.05, 0.1) is 0 Å². The molecule has 0 saturated carbocycles. The van der Waals surface area contributed by atoms with Crippen LogP contribution in [0.3, 0.4) is 0 Å². The molecule has 0 fully saturated rings. The number of nitrogens with one attached hydrogen (secondary N) is 2. The predicted octanol–water partition coefficient (Wildman–Crippen LogP) is 3.92. The lowest BCUT2D eigenvalue weighted by atomic mass is 10.1. The van der Waals surface area contributed by atoms with Gasteiger partial charge in [-0.2, -0.15) is 13.2 Å². The Bertz CT molecular complexity index is 795. The first-order chi connectivity index (χ1) is 13.3. The highest BCUT2D eigenvalue weighted by atomic mass is 32.2. The quantitative estimate of drug-likeness (QED) is 0.410. The molecule has 0 amide bonds. The Morgan fingerprint density at radius 2 is 1.93 bits per heavy atom. The fraction of sp³-hybridized carbons (Fsp3) is 0.368. The third-order valence-electron chi connectivity index (χ3n) is 3.75. The van der Waals surface area contributed by atoms with E-state index in [1.54, 1.807) is 24.9 Å². The van der Waals surface area contributed by atoms with Gasteiger partial charge in [-0.1, -0.05) is 18.2 Å².